The predicted octanol–water partition coefficient (Wildman–Crippen LogP) is 3.34. The largest absolute Gasteiger partial charge is 0.497 e. The summed E-state index contributed by atoms with van der Waals surface area (Å²) in [6.07, 6.45) is 3.50. The van der Waals surface area contributed by atoms with Gasteiger partial charge in [0.15, 0.2) is 11.5 Å². The smallest absolute Gasteiger partial charge is 0.385 e. The van der Waals surface area contributed by atoms with E-state index in [4.69, 9.17) is 28.4 Å². The third-order valence-corrected chi connectivity index (χ3v) is 3.97. The van der Waals surface area contributed by atoms with Crippen molar-refractivity contribution >= 4 is 12.0 Å². The summed E-state index contributed by atoms with van der Waals surface area (Å²) in [7, 11) is 7.69. The van der Waals surface area contributed by atoms with Gasteiger partial charge < -0.3 is 28.4 Å². The van der Waals surface area contributed by atoms with Crippen LogP contribution in [0, 0.1) is 11.8 Å². The Labute approximate surface area is 176 Å². The molecule has 0 aliphatic carbocycles. The Morgan fingerprint density at radius 1 is 0.833 bits per heavy atom. The summed E-state index contributed by atoms with van der Waals surface area (Å²) in [4.78, 5) is 11.9. The highest BCUT2D eigenvalue weighted by Crippen LogP contribution is 2.37. The molecule has 0 spiro atoms. The van der Waals surface area contributed by atoms with Crippen molar-refractivity contribution in [2.75, 3.05) is 42.2 Å². The summed E-state index contributed by atoms with van der Waals surface area (Å²) in [5, 5.41) is 0. The molecule has 7 nitrogen and oxygen atoms in total. The van der Waals surface area contributed by atoms with Gasteiger partial charge in [0.2, 0.25) is 5.75 Å². The van der Waals surface area contributed by atoms with Gasteiger partial charge in [-0.25, -0.2) is 4.79 Å². The molecule has 0 amide bonds. The van der Waals surface area contributed by atoms with Crippen molar-refractivity contribution in [1.29, 1.82) is 0 Å². The Morgan fingerprint density at radius 3 is 1.93 bits per heavy atom. The van der Waals surface area contributed by atoms with Crippen LogP contribution in [-0.4, -0.2) is 48.1 Å². The van der Waals surface area contributed by atoms with Gasteiger partial charge >= 0.3 is 5.97 Å². The number of methoxy groups -OCH3 is 5. The normalized spacial score (nSPS) is 10.0. The molecule has 7 heteroatoms. The van der Waals surface area contributed by atoms with E-state index in [0.717, 1.165) is 5.56 Å². The summed E-state index contributed by atoms with van der Waals surface area (Å²) in [6, 6.07) is 8.75. The maximum absolute atomic E-state index is 11.9. The van der Waals surface area contributed by atoms with Crippen LogP contribution in [0.4, 0.5) is 0 Å². The van der Waals surface area contributed by atoms with Gasteiger partial charge in [-0.05, 0) is 35.9 Å². The summed E-state index contributed by atoms with van der Waals surface area (Å²) in [5.41, 5.74) is 1.38. The molecule has 30 heavy (non-hydrogen) atoms. The van der Waals surface area contributed by atoms with Crippen molar-refractivity contribution in [3.63, 3.8) is 0 Å². The standard InChI is InChI=1S/C23H24O7/c1-25-18-11-16(12-19(15-18)26-2)7-6-10-30-22(24)9-8-17-13-20(27-3)23(29-5)21(14-17)28-4/h6-7,11-15H,10H2,1-5H3/b7-6+. The monoisotopic (exact) mass is 412 g/mol. The molecular weight excluding hydrogens is 388 g/mol. The molecule has 0 bridgehead atoms. The van der Waals surface area contributed by atoms with Gasteiger partial charge in [0.05, 0.1) is 35.5 Å². The van der Waals surface area contributed by atoms with Crippen LogP contribution in [-0.2, 0) is 9.53 Å². The second-order valence-electron chi connectivity index (χ2n) is 5.81. The molecule has 0 aromatic heterocycles. The molecule has 0 fully saturated rings. The molecular formula is C23H24O7. The van der Waals surface area contributed by atoms with E-state index in [2.05, 4.69) is 11.8 Å². The van der Waals surface area contributed by atoms with Gasteiger partial charge in [-0.15, -0.1) is 0 Å². The fraction of sp³-hybridized carbons (Fsp3) is 0.261. The molecule has 0 aliphatic heterocycles. The van der Waals surface area contributed by atoms with E-state index < -0.39 is 5.97 Å². The Balaban J connectivity index is 2.01. The molecule has 0 saturated heterocycles. The van der Waals surface area contributed by atoms with Crippen LogP contribution in [0.25, 0.3) is 6.08 Å². The van der Waals surface area contributed by atoms with E-state index in [0.29, 0.717) is 34.3 Å². The van der Waals surface area contributed by atoms with E-state index in [1.165, 1.54) is 21.3 Å². The van der Waals surface area contributed by atoms with Gasteiger partial charge in [0, 0.05) is 17.6 Å². The summed E-state index contributed by atoms with van der Waals surface area (Å²) >= 11 is 0. The summed E-state index contributed by atoms with van der Waals surface area (Å²) in [5.74, 6) is 7.21. The fourth-order valence-corrected chi connectivity index (χ4v) is 2.55. The lowest BCUT2D eigenvalue weighted by Crippen LogP contribution is -2.01. The first-order valence-electron chi connectivity index (χ1n) is 8.93. The second kappa shape index (κ2) is 11.3. The fourth-order valence-electron chi connectivity index (χ4n) is 2.55. The number of esters is 1. The Kier molecular flexibility index (Phi) is 8.45. The number of ether oxygens (including phenoxy) is 6. The van der Waals surface area contributed by atoms with E-state index in [9.17, 15) is 4.79 Å². The number of benzene rings is 2. The molecule has 0 atom stereocenters. The molecule has 2 aromatic rings. The highest BCUT2D eigenvalue weighted by molar-refractivity contribution is 5.89. The van der Waals surface area contributed by atoms with Gasteiger partial charge in [-0.3, -0.25) is 0 Å². The van der Waals surface area contributed by atoms with Crippen molar-refractivity contribution in [1.82, 2.24) is 0 Å². The van der Waals surface area contributed by atoms with E-state index >= 15 is 0 Å². The van der Waals surface area contributed by atoms with Crippen LogP contribution in [0.1, 0.15) is 11.1 Å². The molecule has 0 radical (unpaired) electrons. The Morgan fingerprint density at radius 2 is 1.43 bits per heavy atom. The van der Waals surface area contributed by atoms with Crippen LogP contribution in [0.2, 0.25) is 0 Å². The number of hydrogen-bond acceptors (Lipinski definition) is 7. The lowest BCUT2D eigenvalue weighted by Gasteiger charge is -2.12. The van der Waals surface area contributed by atoms with E-state index in [1.807, 2.05) is 12.1 Å². The molecule has 0 saturated carbocycles. The zero-order valence-corrected chi connectivity index (χ0v) is 17.6. The van der Waals surface area contributed by atoms with Gasteiger partial charge in [-0.1, -0.05) is 12.0 Å². The van der Waals surface area contributed by atoms with Crippen molar-refractivity contribution in [2.24, 2.45) is 0 Å². The molecule has 0 unspecified atom stereocenters. The van der Waals surface area contributed by atoms with Crippen LogP contribution in [0.15, 0.2) is 36.4 Å². The Bertz CT molecular complexity index is 920. The van der Waals surface area contributed by atoms with E-state index in [1.54, 1.807) is 44.6 Å². The highest BCUT2D eigenvalue weighted by Gasteiger charge is 2.12. The van der Waals surface area contributed by atoms with Gasteiger partial charge in [0.25, 0.3) is 0 Å². The van der Waals surface area contributed by atoms with Gasteiger partial charge in [0.1, 0.15) is 18.1 Å². The average Bonchev–Trinajstić information content (AvgIpc) is 2.79. The molecule has 2 rings (SSSR count). The number of hydrogen-bond donors (Lipinski definition) is 0. The lowest BCUT2D eigenvalue weighted by molar-refractivity contribution is -0.135. The molecule has 2 aromatic carbocycles. The quantitative estimate of drug-likeness (QED) is 0.486. The predicted molar refractivity (Wildman–Crippen MR) is 113 cm³/mol. The second-order valence-corrected chi connectivity index (χ2v) is 5.81. The van der Waals surface area contributed by atoms with Crippen LogP contribution in [0.3, 0.4) is 0 Å². The molecule has 0 N–H and O–H groups in total. The Hall–Kier alpha value is -3.79. The highest BCUT2D eigenvalue weighted by atomic mass is 16.5. The van der Waals surface area contributed by atoms with Crippen LogP contribution >= 0.6 is 0 Å². The number of carbonyl (C=O) groups is 1. The summed E-state index contributed by atoms with van der Waals surface area (Å²) in [6.45, 7) is 0.0717. The maximum Gasteiger partial charge on any atom is 0.385 e. The van der Waals surface area contributed by atoms with Crippen molar-refractivity contribution in [2.45, 2.75) is 0 Å². The molecule has 158 valence electrons. The molecule has 0 heterocycles. The minimum atomic E-state index is -0.656. The topological polar surface area (TPSA) is 72.5 Å². The lowest BCUT2D eigenvalue weighted by atomic mass is 10.2. The SMILES string of the molecule is COc1cc(/C=C/COC(=O)C#Cc2cc(OC)c(OC)c(OC)c2)cc(OC)c1. The molecule has 0 aliphatic rings. The zero-order valence-electron chi connectivity index (χ0n) is 17.6. The third kappa shape index (κ3) is 6.11. The summed E-state index contributed by atoms with van der Waals surface area (Å²) < 4.78 is 31.3. The zero-order chi connectivity index (χ0) is 21.9. The maximum atomic E-state index is 11.9. The first kappa shape index (κ1) is 22.5. The van der Waals surface area contributed by atoms with Crippen LogP contribution < -0.4 is 23.7 Å². The third-order valence-electron chi connectivity index (χ3n) is 3.97. The van der Waals surface area contributed by atoms with Crippen molar-refractivity contribution < 1.29 is 33.2 Å². The van der Waals surface area contributed by atoms with Crippen molar-refractivity contribution in [3.05, 3.63) is 47.5 Å². The number of carbonyl (C=O) groups excluding carboxylic acids is 1. The first-order valence-corrected chi connectivity index (χ1v) is 8.93. The van der Waals surface area contributed by atoms with Gasteiger partial charge in [-0.2, -0.15) is 0 Å². The minimum Gasteiger partial charge on any atom is -0.497 e. The first-order chi connectivity index (χ1) is 14.5. The average molecular weight is 412 g/mol. The van der Waals surface area contributed by atoms with Crippen molar-refractivity contribution in [3.8, 4) is 40.6 Å². The van der Waals surface area contributed by atoms with Crippen LogP contribution in [0.5, 0.6) is 28.7 Å². The number of rotatable bonds is 8. The van der Waals surface area contributed by atoms with E-state index in [-0.39, 0.29) is 6.61 Å². The minimum absolute atomic E-state index is 0.0717.